The molecule has 4 nitrogen and oxygen atoms in total. The quantitative estimate of drug-likeness (QED) is 0.639. The average molecular weight is 242 g/mol. The van der Waals surface area contributed by atoms with Gasteiger partial charge in [0.25, 0.3) is 0 Å². The zero-order chi connectivity index (χ0) is 13.1. The van der Waals surface area contributed by atoms with Gasteiger partial charge >= 0.3 is 0 Å². The highest BCUT2D eigenvalue weighted by Crippen LogP contribution is 2.28. The number of pyridine rings is 1. The number of nitrogen functional groups attached to an aromatic ring is 1. The van der Waals surface area contributed by atoms with E-state index >= 15 is 0 Å². The summed E-state index contributed by atoms with van der Waals surface area (Å²) in [6, 6.07) is 7.95. The van der Waals surface area contributed by atoms with Crippen molar-refractivity contribution in [1.82, 2.24) is 4.98 Å². The summed E-state index contributed by atoms with van der Waals surface area (Å²) < 4.78 is 0. The Balaban J connectivity index is 2.70. The number of nitrogens with one attached hydrogen (secondary N) is 1. The molecule has 0 aliphatic rings. The molecule has 0 aliphatic carbocycles. The van der Waals surface area contributed by atoms with Gasteiger partial charge in [-0.15, -0.1) is 0 Å². The molecule has 2 rings (SSSR count). The molecule has 94 valence electrons. The Morgan fingerprint density at radius 1 is 1.39 bits per heavy atom. The Morgan fingerprint density at radius 3 is 2.78 bits per heavy atom. The first kappa shape index (κ1) is 12.4. The third kappa shape index (κ3) is 2.14. The van der Waals surface area contributed by atoms with Gasteiger partial charge in [0.15, 0.2) is 0 Å². The van der Waals surface area contributed by atoms with E-state index < -0.39 is 0 Å². The Bertz CT molecular complexity index is 577. The first-order valence-corrected chi connectivity index (χ1v) is 6.08. The molecule has 0 fully saturated rings. The molecule has 0 atom stereocenters. The van der Waals surface area contributed by atoms with E-state index in [4.69, 9.17) is 11.1 Å². The number of hydrogen-bond donors (Lipinski definition) is 2. The fourth-order valence-corrected chi connectivity index (χ4v) is 2.18. The Morgan fingerprint density at radius 2 is 2.11 bits per heavy atom. The summed E-state index contributed by atoms with van der Waals surface area (Å²) >= 11 is 0. The standard InChI is InChI=1S/C14H18N4/c1-3-8-18(2)13-10-6-4-5-7-12(10)17-9-11(13)14(15)16/h4-7,9H,3,8H2,1-2H3,(H3,15,16). The van der Waals surface area contributed by atoms with Crippen molar-refractivity contribution in [2.24, 2.45) is 5.73 Å². The number of aromatic nitrogens is 1. The molecule has 18 heavy (non-hydrogen) atoms. The molecule has 0 saturated carbocycles. The van der Waals surface area contributed by atoms with E-state index in [0.717, 1.165) is 29.6 Å². The van der Waals surface area contributed by atoms with Crippen molar-refractivity contribution in [1.29, 1.82) is 5.41 Å². The predicted octanol–water partition coefficient (Wildman–Crippen LogP) is 2.37. The van der Waals surface area contributed by atoms with Crippen molar-refractivity contribution in [3.8, 4) is 0 Å². The lowest BCUT2D eigenvalue weighted by atomic mass is 10.1. The van der Waals surface area contributed by atoms with Crippen LogP contribution in [0.1, 0.15) is 18.9 Å². The van der Waals surface area contributed by atoms with Crippen LogP contribution in [0.2, 0.25) is 0 Å². The van der Waals surface area contributed by atoms with E-state index in [0.29, 0.717) is 5.56 Å². The van der Waals surface area contributed by atoms with Crippen molar-refractivity contribution in [3.63, 3.8) is 0 Å². The topological polar surface area (TPSA) is 66.0 Å². The summed E-state index contributed by atoms with van der Waals surface area (Å²) in [5.41, 5.74) is 8.28. The highest BCUT2D eigenvalue weighted by atomic mass is 15.1. The maximum absolute atomic E-state index is 7.69. The number of para-hydroxylation sites is 1. The van der Waals surface area contributed by atoms with Crippen LogP contribution < -0.4 is 10.6 Å². The van der Waals surface area contributed by atoms with E-state index in [2.05, 4.69) is 16.8 Å². The summed E-state index contributed by atoms with van der Waals surface area (Å²) in [6.45, 7) is 3.06. The molecule has 1 aromatic carbocycles. The van der Waals surface area contributed by atoms with Crippen LogP contribution in [-0.2, 0) is 0 Å². The van der Waals surface area contributed by atoms with Crippen LogP contribution >= 0.6 is 0 Å². The summed E-state index contributed by atoms with van der Waals surface area (Å²) in [5.74, 6) is 0.0613. The molecule has 0 unspecified atom stereocenters. The van der Waals surface area contributed by atoms with Crippen molar-refractivity contribution >= 4 is 22.4 Å². The molecule has 0 aliphatic heterocycles. The van der Waals surface area contributed by atoms with Crippen LogP contribution in [0.15, 0.2) is 30.5 Å². The van der Waals surface area contributed by atoms with Gasteiger partial charge in [-0.2, -0.15) is 0 Å². The van der Waals surface area contributed by atoms with E-state index in [9.17, 15) is 0 Å². The van der Waals surface area contributed by atoms with Gasteiger partial charge in [-0.3, -0.25) is 10.4 Å². The molecular weight excluding hydrogens is 224 g/mol. The van der Waals surface area contributed by atoms with Gasteiger partial charge in [-0.1, -0.05) is 25.1 Å². The number of rotatable bonds is 4. The zero-order valence-corrected chi connectivity index (χ0v) is 10.8. The van der Waals surface area contributed by atoms with E-state index in [1.807, 2.05) is 31.3 Å². The highest BCUT2D eigenvalue weighted by Gasteiger charge is 2.14. The number of hydrogen-bond acceptors (Lipinski definition) is 3. The monoisotopic (exact) mass is 242 g/mol. The molecule has 4 heteroatoms. The van der Waals surface area contributed by atoms with Crippen LogP contribution in [0, 0.1) is 5.41 Å². The number of fused-ring (bicyclic) bond motifs is 1. The molecule has 0 amide bonds. The maximum atomic E-state index is 7.69. The number of anilines is 1. The van der Waals surface area contributed by atoms with Gasteiger partial charge in [-0.05, 0) is 12.5 Å². The second-order valence-corrected chi connectivity index (χ2v) is 4.37. The maximum Gasteiger partial charge on any atom is 0.126 e. The minimum absolute atomic E-state index is 0.0613. The van der Waals surface area contributed by atoms with E-state index in [-0.39, 0.29) is 5.84 Å². The second kappa shape index (κ2) is 5.04. The Labute approximate surface area is 107 Å². The van der Waals surface area contributed by atoms with Crippen molar-refractivity contribution in [2.75, 3.05) is 18.5 Å². The zero-order valence-electron chi connectivity index (χ0n) is 10.8. The van der Waals surface area contributed by atoms with Crippen molar-refractivity contribution < 1.29 is 0 Å². The molecule has 0 spiro atoms. The van der Waals surface area contributed by atoms with Crippen molar-refractivity contribution in [3.05, 3.63) is 36.0 Å². The molecule has 1 aromatic heterocycles. The Hall–Kier alpha value is -2.10. The van der Waals surface area contributed by atoms with Crippen LogP contribution in [0.3, 0.4) is 0 Å². The summed E-state index contributed by atoms with van der Waals surface area (Å²) in [7, 11) is 2.03. The van der Waals surface area contributed by atoms with Gasteiger partial charge in [0.1, 0.15) is 5.84 Å². The SMILES string of the molecule is CCCN(C)c1c(C(=N)N)cnc2ccccc12. The summed E-state index contributed by atoms with van der Waals surface area (Å²) in [5, 5.41) is 8.73. The molecule has 2 aromatic rings. The van der Waals surface area contributed by atoms with Crippen LogP contribution in [0.5, 0.6) is 0 Å². The molecule has 0 bridgehead atoms. The molecule has 0 saturated heterocycles. The number of nitrogens with zero attached hydrogens (tertiary/aromatic N) is 2. The second-order valence-electron chi connectivity index (χ2n) is 4.37. The molecule has 0 radical (unpaired) electrons. The summed E-state index contributed by atoms with van der Waals surface area (Å²) in [4.78, 5) is 6.50. The normalized spacial score (nSPS) is 10.6. The Kier molecular flexibility index (Phi) is 3.46. The smallest absolute Gasteiger partial charge is 0.126 e. The molecular formula is C14H18N4. The third-order valence-electron chi connectivity index (χ3n) is 2.98. The van der Waals surface area contributed by atoms with Gasteiger partial charge in [-0.25, -0.2) is 0 Å². The summed E-state index contributed by atoms with van der Waals surface area (Å²) in [6.07, 6.45) is 2.73. The number of benzene rings is 1. The van der Waals surface area contributed by atoms with Crippen molar-refractivity contribution in [2.45, 2.75) is 13.3 Å². The predicted molar refractivity (Wildman–Crippen MR) is 76.3 cm³/mol. The fraction of sp³-hybridized carbons (Fsp3) is 0.286. The fourth-order valence-electron chi connectivity index (χ4n) is 2.18. The van der Waals surface area contributed by atoms with Crippen LogP contribution in [-0.4, -0.2) is 24.4 Å². The average Bonchev–Trinajstić information content (AvgIpc) is 2.37. The number of amidine groups is 1. The van der Waals surface area contributed by atoms with E-state index in [1.165, 1.54) is 0 Å². The molecule has 3 N–H and O–H groups in total. The minimum Gasteiger partial charge on any atom is -0.384 e. The highest BCUT2D eigenvalue weighted by molar-refractivity contribution is 6.07. The molecule has 1 heterocycles. The van der Waals surface area contributed by atoms with Gasteiger partial charge in [0.05, 0.1) is 16.8 Å². The van der Waals surface area contributed by atoms with Crippen LogP contribution in [0.25, 0.3) is 10.9 Å². The van der Waals surface area contributed by atoms with Gasteiger partial charge in [0, 0.05) is 25.2 Å². The van der Waals surface area contributed by atoms with Crippen LogP contribution in [0.4, 0.5) is 5.69 Å². The number of nitrogens with two attached hydrogens (primary N) is 1. The van der Waals surface area contributed by atoms with E-state index in [1.54, 1.807) is 6.20 Å². The first-order valence-electron chi connectivity index (χ1n) is 6.08. The first-order chi connectivity index (χ1) is 8.65. The third-order valence-corrected chi connectivity index (χ3v) is 2.98. The lowest BCUT2D eigenvalue weighted by molar-refractivity contribution is 0.853. The lowest BCUT2D eigenvalue weighted by Crippen LogP contribution is -2.23. The van der Waals surface area contributed by atoms with Gasteiger partial charge < -0.3 is 10.6 Å². The lowest BCUT2D eigenvalue weighted by Gasteiger charge is -2.23. The van der Waals surface area contributed by atoms with Gasteiger partial charge in [0.2, 0.25) is 0 Å². The largest absolute Gasteiger partial charge is 0.384 e. The minimum atomic E-state index is 0.0613.